The zero-order chi connectivity index (χ0) is 15.2. The minimum absolute atomic E-state index is 0.0937. The molecule has 0 saturated carbocycles. The van der Waals surface area contributed by atoms with Crippen LogP contribution >= 0.6 is 0 Å². The molecular weight excluding hydrogens is 271 g/mol. The van der Waals surface area contributed by atoms with Crippen molar-refractivity contribution in [2.75, 3.05) is 39.3 Å². The van der Waals surface area contributed by atoms with E-state index in [-0.39, 0.29) is 17.8 Å². The van der Waals surface area contributed by atoms with E-state index in [1.807, 2.05) is 18.7 Å². The van der Waals surface area contributed by atoms with Crippen molar-refractivity contribution < 1.29 is 13.9 Å². The van der Waals surface area contributed by atoms with Crippen LogP contribution in [0.4, 0.5) is 4.39 Å². The molecule has 4 nitrogen and oxygen atoms in total. The van der Waals surface area contributed by atoms with Crippen LogP contribution in [-0.4, -0.2) is 55.0 Å². The summed E-state index contributed by atoms with van der Waals surface area (Å²) in [6, 6.07) is 6.38. The Kier molecular flexibility index (Phi) is 5.70. The molecule has 1 atom stereocenters. The van der Waals surface area contributed by atoms with E-state index in [2.05, 4.69) is 4.90 Å². The summed E-state index contributed by atoms with van der Waals surface area (Å²) in [5.41, 5.74) is 0.955. The second-order valence-electron chi connectivity index (χ2n) is 5.21. The van der Waals surface area contributed by atoms with Crippen molar-refractivity contribution >= 4 is 5.91 Å². The van der Waals surface area contributed by atoms with Gasteiger partial charge in [-0.15, -0.1) is 0 Å². The highest BCUT2D eigenvalue weighted by Gasteiger charge is 2.24. The molecule has 1 unspecified atom stereocenters. The summed E-state index contributed by atoms with van der Waals surface area (Å²) in [6.07, 6.45) is -0.0937. The molecule has 1 aliphatic rings. The van der Waals surface area contributed by atoms with Gasteiger partial charge >= 0.3 is 0 Å². The van der Waals surface area contributed by atoms with Gasteiger partial charge in [-0.2, -0.15) is 0 Å². The highest BCUT2D eigenvalue weighted by molar-refractivity contribution is 5.78. The summed E-state index contributed by atoms with van der Waals surface area (Å²) in [5, 5.41) is 0. The fourth-order valence-corrected chi connectivity index (χ4v) is 2.59. The van der Waals surface area contributed by atoms with Gasteiger partial charge in [0.1, 0.15) is 5.82 Å². The van der Waals surface area contributed by atoms with E-state index < -0.39 is 0 Å². The molecule has 1 aliphatic heterocycles. The van der Waals surface area contributed by atoms with E-state index in [4.69, 9.17) is 4.74 Å². The quantitative estimate of drug-likeness (QED) is 0.833. The van der Waals surface area contributed by atoms with Gasteiger partial charge in [0.15, 0.2) is 0 Å². The first-order valence-electron chi connectivity index (χ1n) is 7.51. The van der Waals surface area contributed by atoms with Crippen molar-refractivity contribution in [3.63, 3.8) is 0 Å². The lowest BCUT2D eigenvalue weighted by molar-refractivity contribution is -0.134. The minimum Gasteiger partial charge on any atom is -0.371 e. The summed E-state index contributed by atoms with van der Waals surface area (Å²) >= 11 is 0. The Bertz CT molecular complexity index is 460. The Labute approximate surface area is 125 Å². The lowest BCUT2D eigenvalue weighted by Crippen LogP contribution is -2.45. The molecule has 1 amide bonds. The maximum Gasteiger partial charge on any atom is 0.236 e. The smallest absolute Gasteiger partial charge is 0.236 e. The van der Waals surface area contributed by atoms with E-state index >= 15 is 0 Å². The van der Waals surface area contributed by atoms with Crippen LogP contribution in [0.5, 0.6) is 0 Å². The van der Waals surface area contributed by atoms with E-state index in [0.29, 0.717) is 19.7 Å². The first-order chi connectivity index (χ1) is 10.1. The number of amides is 1. The van der Waals surface area contributed by atoms with Gasteiger partial charge in [-0.25, -0.2) is 4.39 Å². The van der Waals surface area contributed by atoms with Crippen molar-refractivity contribution in [1.29, 1.82) is 0 Å². The molecule has 1 heterocycles. The van der Waals surface area contributed by atoms with Gasteiger partial charge in [-0.3, -0.25) is 9.69 Å². The third-order valence-electron chi connectivity index (χ3n) is 3.87. The number of carbonyl (C=O) groups is 1. The number of hydrogen-bond donors (Lipinski definition) is 0. The molecule has 1 aromatic rings. The SMILES string of the molecule is CCN(CC)C(=O)CN1CCOC(c2ccc(F)cc2)C1. The lowest BCUT2D eigenvalue weighted by Gasteiger charge is -2.33. The number of halogens is 1. The Hall–Kier alpha value is -1.46. The molecule has 21 heavy (non-hydrogen) atoms. The van der Waals surface area contributed by atoms with Crippen LogP contribution < -0.4 is 0 Å². The molecule has 1 saturated heterocycles. The molecule has 5 heteroatoms. The molecule has 2 rings (SSSR count). The number of hydrogen-bond acceptors (Lipinski definition) is 3. The highest BCUT2D eigenvalue weighted by Crippen LogP contribution is 2.22. The van der Waals surface area contributed by atoms with E-state index in [1.165, 1.54) is 12.1 Å². The molecule has 0 aromatic heterocycles. The number of benzene rings is 1. The van der Waals surface area contributed by atoms with Crippen LogP contribution in [0.25, 0.3) is 0 Å². The average molecular weight is 294 g/mol. The van der Waals surface area contributed by atoms with Crippen molar-refractivity contribution in [2.24, 2.45) is 0 Å². The summed E-state index contributed by atoms with van der Waals surface area (Å²) in [4.78, 5) is 16.1. The monoisotopic (exact) mass is 294 g/mol. The third kappa shape index (κ3) is 4.25. The van der Waals surface area contributed by atoms with Crippen molar-refractivity contribution in [3.8, 4) is 0 Å². The van der Waals surface area contributed by atoms with Crippen molar-refractivity contribution in [2.45, 2.75) is 20.0 Å². The second kappa shape index (κ2) is 7.52. The number of ether oxygens (including phenoxy) is 1. The molecule has 0 N–H and O–H groups in total. The first kappa shape index (κ1) is 15.9. The number of rotatable bonds is 5. The molecule has 0 bridgehead atoms. The van der Waals surface area contributed by atoms with Crippen LogP contribution in [0.3, 0.4) is 0 Å². The Morgan fingerprint density at radius 2 is 2.00 bits per heavy atom. The predicted octanol–water partition coefficient (Wildman–Crippen LogP) is 2.07. The van der Waals surface area contributed by atoms with Gasteiger partial charge in [-0.1, -0.05) is 12.1 Å². The van der Waals surface area contributed by atoms with E-state index in [9.17, 15) is 9.18 Å². The van der Waals surface area contributed by atoms with Gasteiger partial charge in [0.05, 0.1) is 19.3 Å². The van der Waals surface area contributed by atoms with Crippen molar-refractivity contribution in [1.82, 2.24) is 9.80 Å². The first-order valence-corrected chi connectivity index (χ1v) is 7.51. The summed E-state index contributed by atoms with van der Waals surface area (Å²) < 4.78 is 18.7. The van der Waals surface area contributed by atoms with E-state index in [0.717, 1.165) is 25.2 Å². The normalized spacial score (nSPS) is 19.5. The molecule has 1 fully saturated rings. The largest absolute Gasteiger partial charge is 0.371 e. The number of likely N-dealkylation sites (N-methyl/N-ethyl adjacent to an activating group) is 1. The van der Waals surface area contributed by atoms with E-state index in [1.54, 1.807) is 12.1 Å². The number of morpholine rings is 1. The minimum atomic E-state index is -0.247. The summed E-state index contributed by atoms with van der Waals surface area (Å²) in [5.74, 6) is -0.0946. The molecular formula is C16H23FN2O2. The maximum atomic E-state index is 13.0. The molecule has 0 spiro atoms. The van der Waals surface area contributed by atoms with Gasteiger partial charge in [0, 0.05) is 26.2 Å². The van der Waals surface area contributed by atoms with Crippen LogP contribution in [0.2, 0.25) is 0 Å². The van der Waals surface area contributed by atoms with Crippen LogP contribution in [0.1, 0.15) is 25.5 Å². The summed E-state index contributed by atoms with van der Waals surface area (Å²) in [6.45, 7) is 7.88. The Morgan fingerprint density at radius 1 is 1.33 bits per heavy atom. The number of carbonyl (C=O) groups excluding carboxylic acids is 1. The zero-order valence-electron chi connectivity index (χ0n) is 12.7. The van der Waals surface area contributed by atoms with Gasteiger partial charge < -0.3 is 9.64 Å². The maximum absolute atomic E-state index is 13.0. The molecule has 116 valence electrons. The highest BCUT2D eigenvalue weighted by atomic mass is 19.1. The molecule has 0 aliphatic carbocycles. The Balaban J connectivity index is 1.94. The average Bonchev–Trinajstić information content (AvgIpc) is 2.49. The fraction of sp³-hybridized carbons (Fsp3) is 0.562. The third-order valence-corrected chi connectivity index (χ3v) is 3.87. The fourth-order valence-electron chi connectivity index (χ4n) is 2.59. The number of nitrogens with zero attached hydrogens (tertiary/aromatic N) is 2. The van der Waals surface area contributed by atoms with Gasteiger partial charge in [0.25, 0.3) is 0 Å². The van der Waals surface area contributed by atoms with Gasteiger partial charge in [-0.05, 0) is 31.5 Å². The topological polar surface area (TPSA) is 32.8 Å². The van der Waals surface area contributed by atoms with Crippen LogP contribution in [-0.2, 0) is 9.53 Å². The second-order valence-corrected chi connectivity index (χ2v) is 5.21. The molecule has 0 radical (unpaired) electrons. The molecule has 1 aromatic carbocycles. The van der Waals surface area contributed by atoms with Crippen molar-refractivity contribution in [3.05, 3.63) is 35.6 Å². The summed E-state index contributed by atoms with van der Waals surface area (Å²) in [7, 11) is 0. The van der Waals surface area contributed by atoms with Crippen LogP contribution in [0.15, 0.2) is 24.3 Å². The van der Waals surface area contributed by atoms with Crippen LogP contribution in [0, 0.1) is 5.82 Å². The predicted molar refractivity (Wildman–Crippen MR) is 79.5 cm³/mol. The standard InChI is InChI=1S/C16H23FN2O2/c1-3-19(4-2)16(20)12-18-9-10-21-15(11-18)13-5-7-14(17)8-6-13/h5-8,15H,3-4,9-12H2,1-2H3. The zero-order valence-corrected chi connectivity index (χ0v) is 12.7. The van der Waals surface area contributed by atoms with Gasteiger partial charge in [0.2, 0.25) is 5.91 Å². The lowest BCUT2D eigenvalue weighted by atomic mass is 10.1. The Morgan fingerprint density at radius 3 is 2.62 bits per heavy atom.